The van der Waals surface area contributed by atoms with E-state index in [0.29, 0.717) is 6.54 Å². The number of nitrogens with zero attached hydrogens (tertiary/aromatic N) is 2. The summed E-state index contributed by atoms with van der Waals surface area (Å²) < 4.78 is 0. The number of rotatable bonds is 1. The van der Waals surface area contributed by atoms with Crippen LogP contribution in [-0.4, -0.2) is 24.2 Å². The van der Waals surface area contributed by atoms with E-state index in [4.69, 9.17) is 0 Å². The van der Waals surface area contributed by atoms with E-state index >= 15 is 0 Å². The Morgan fingerprint density at radius 2 is 2.36 bits per heavy atom. The molecule has 0 aromatic heterocycles. The maximum absolute atomic E-state index is 10.5. The highest BCUT2D eigenvalue weighted by molar-refractivity contribution is 5.89. The Balaban J connectivity index is 2.45. The minimum atomic E-state index is -0.404. The zero-order valence-electron chi connectivity index (χ0n) is 7.43. The zero-order chi connectivity index (χ0) is 9.97. The number of nitro groups is 1. The van der Waals surface area contributed by atoms with Crippen LogP contribution in [0.25, 0.3) is 0 Å². The van der Waals surface area contributed by atoms with Gasteiger partial charge < -0.3 is 5.32 Å². The van der Waals surface area contributed by atoms with E-state index in [1.165, 1.54) is 12.1 Å². The molecule has 0 aliphatic carbocycles. The minimum absolute atomic E-state index is 0.0962. The summed E-state index contributed by atoms with van der Waals surface area (Å²) in [4.78, 5) is 14.2. The Kier molecular flexibility index (Phi) is 2.14. The van der Waals surface area contributed by atoms with Crippen LogP contribution < -0.4 is 5.32 Å². The monoisotopic (exact) mass is 191 g/mol. The Morgan fingerprint density at radius 3 is 3.14 bits per heavy atom. The second-order valence-corrected chi connectivity index (χ2v) is 2.99. The van der Waals surface area contributed by atoms with Crippen LogP contribution in [0.3, 0.4) is 0 Å². The molecule has 1 N–H and O–H groups in total. The van der Waals surface area contributed by atoms with Crippen LogP contribution in [0.15, 0.2) is 23.2 Å². The fourth-order valence-electron chi connectivity index (χ4n) is 1.35. The molecule has 0 atom stereocenters. The van der Waals surface area contributed by atoms with Gasteiger partial charge in [-0.25, -0.2) is 0 Å². The molecule has 14 heavy (non-hydrogen) atoms. The molecule has 0 amide bonds. The lowest BCUT2D eigenvalue weighted by molar-refractivity contribution is -0.384. The van der Waals surface area contributed by atoms with Crippen LogP contribution in [0.1, 0.15) is 5.56 Å². The van der Waals surface area contributed by atoms with Crippen LogP contribution >= 0.6 is 0 Å². The van der Waals surface area contributed by atoms with Gasteiger partial charge >= 0.3 is 0 Å². The van der Waals surface area contributed by atoms with Gasteiger partial charge in [0.2, 0.25) is 0 Å². The van der Waals surface area contributed by atoms with Gasteiger partial charge in [0.15, 0.2) is 0 Å². The van der Waals surface area contributed by atoms with Gasteiger partial charge in [-0.2, -0.15) is 0 Å². The molecular weight excluding hydrogens is 182 g/mol. The molecule has 1 aromatic rings. The molecule has 0 spiro atoms. The van der Waals surface area contributed by atoms with E-state index in [2.05, 4.69) is 10.3 Å². The molecule has 0 saturated carbocycles. The summed E-state index contributed by atoms with van der Waals surface area (Å²) in [6.45, 7) is 1.46. The smallest absolute Gasteiger partial charge is 0.270 e. The number of benzene rings is 1. The fourth-order valence-corrected chi connectivity index (χ4v) is 1.35. The lowest BCUT2D eigenvalue weighted by Crippen LogP contribution is -2.03. The predicted molar refractivity (Wildman–Crippen MR) is 54.0 cm³/mol. The molecule has 72 valence electrons. The first-order valence-corrected chi connectivity index (χ1v) is 4.29. The summed E-state index contributed by atoms with van der Waals surface area (Å²) in [6, 6.07) is 4.73. The number of fused-ring (bicyclic) bond motifs is 1. The molecule has 1 heterocycles. The second kappa shape index (κ2) is 3.45. The topological polar surface area (TPSA) is 67.5 Å². The van der Waals surface area contributed by atoms with E-state index in [9.17, 15) is 10.1 Å². The van der Waals surface area contributed by atoms with Crippen LogP contribution in [0.2, 0.25) is 0 Å². The number of nitro benzene ring substituents is 1. The van der Waals surface area contributed by atoms with Crippen molar-refractivity contribution in [3.8, 4) is 0 Å². The Bertz CT molecular complexity index is 401. The third-order valence-electron chi connectivity index (χ3n) is 2.03. The van der Waals surface area contributed by atoms with E-state index in [-0.39, 0.29) is 5.69 Å². The summed E-state index contributed by atoms with van der Waals surface area (Å²) in [7, 11) is 0. The van der Waals surface area contributed by atoms with Crippen molar-refractivity contribution in [3.05, 3.63) is 33.9 Å². The van der Waals surface area contributed by atoms with Crippen molar-refractivity contribution in [2.24, 2.45) is 4.99 Å². The molecule has 0 bridgehead atoms. The van der Waals surface area contributed by atoms with E-state index in [1.54, 1.807) is 12.3 Å². The Morgan fingerprint density at radius 1 is 1.50 bits per heavy atom. The largest absolute Gasteiger partial charge is 0.383 e. The Hall–Kier alpha value is -1.91. The van der Waals surface area contributed by atoms with E-state index in [1.807, 2.05) is 0 Å². The minimum Gasteiger partial charge on any atom is -0.383 e. The van der Waals surface area contributed by atoms with Gasteiger partial charge in [0.05, 0.1) is 11.5 Å². The van der Waals surface area contributed by atoms with Crippen molar-refractivity contribution in [1.82, 2.24) is 0 Å². The standard InChI is InChI=1S/C9H9N3O2/c13-12(14)8-1-2-9-7(5-8)6-10-3-4-11-9/h1-2,5-6,11H,3-4H2. The number of aliphatic imine (C=N–C) groups is 1. The predicted octanol–water partition coefficient (Wildman–Crippen LogP) is 1.44. The zero-order valence-corrected chi connectivity index (χ0v) is 7.43. The molecule has 0 radical (unpaired) electrons. The third kappa shape index (κ3) is 1.56. The average molecular weight is 191 g/mol. The van der Waals surface area contributed by atoms with Crippen LogP contribution in [0.4, 0.5) is 11.4 Å². The first kappa shape index (κ1) is 8.68. The molecule has 1 aliphatic heterocycles. The lowest BCUT2D eigenvalue weighted by Gasteiger charge is -2.04. The molecule has 1 aromatic carbocycles. The molecule has 5 heteroatoms. The van der Waals surface area contributed by atoms with Gasteiger partial charge in [0.1, 0.15) is 0 Å². The van der Waals surface area contributed by atoms with Gasteiger partial charge in [-0.15, -0.1) is 0 Å². The number of non-ortho nitro benzene ring substituents is 1. The molecule has 0 fully saturated rings. The Labute approximate surface area is 80.6 Å². The maximum Gasteiger partial charge on any atom is 0.270 e. The van der Waals surface area contributed by atoms with Crippen molar-refractivity contribution in [3.63, 3.8) is 0 Å². The molecule has 1 aliphatic rings. The SMILES string of the molecule is O=[N+]([O-])c1ccc2c(c1)C=NCCN2. The summed E-state index contributed by atoms with van der Waals surface area (Å²) in [6.07, 6.45) is 1.67. The molecule has 2 rings (SSSR count). The van der Waals surface area contributed by atoms with E-state index in [0.717, 1.165) is 17.8 Å². The lowest BCUT2D eigenvalue weighted by atomic mass is 10.1. The molecule has 0 saturated heterocycles. The maximum atomic E-state index is 10.5. The number of nitrogens with one attached hydrogen (secondary N) is 1. The normalized spacial score (nSPS) is 14.0. The van der Waals surface area contributed by atoms with Crippen LogP contribution in [0, 0.1) is 10.1 Å². The van der Waals surface area contributed by atoms with Gasteiger partial charge in [0, 0.05) is 36.1 Å². The van der Waals surface area contributed by atoms with Gasteiger partial charge in [-0.3, -0.25) is 15.1 Å². The number of anilines is 1. The van der Waals surface area contributed by atoms with Gasteiger partial charge in [0.25, 0.3) is 5.69 Å². The number of hydrogen-bond donors (Lipinski definition) is 1. The average Bonchev–Trinajstić information content (AvgIpc) is 2.41. The quantitative estimate of drug-likeness (QED) is 0.539. The van der Waals surface area contributed by atoms with Gasteiger partial charge in [-0.1, -0.05) is 0 Å². The van der Waals surface area contributed by atoms with Crippen molar-refractivity contribution in [2.45, 2.75) is 0 Å². The summed E-state index contributed by atoms with van der Waals surface area (Å²) in [5.41, 5.74) is 1.77. The highest BCUT2D eigenvalue weighted by Crippen LogP contribution is 2.21. The molecule has 0 unspecified atom stereocenters. The van der Waals surface area contributed by atoms with Crippen LogP contribution in [0.5, 0.6) is 0 Å². The van der Waals surface area contributed by atoms with E-state index < -0.39 is 4.92 Å². The first-order valence-electron chi connectivity index (χ1n) is 4.29. The van der Waals surface area contributed by atoms with Crippen molar-refractivity contribution < 1.29 is 4.92 Å². The summed E-state index contributed by atoms with van der Waals surface area (Å²) >= 11 is 0. The summed E-state index contributed by atoms with van der Waals surface area (Å²) in [5.74, 6) is 0. The number of benzodiazepines with no additional fused rings is 1. The fraction of sp³-hybridized carbons (Fsp3) is 0.222. The van der Waals surface area contributed by atoms with Crippen molar-refractivity contribution in [2.75, 3.05) is 18.4 Å². The third-order valence-corrected chi connectivity index (χ3v) is 2.03. The highest BCUT2D eigenvalue weighted by atomic mass is 16.6. The highest BCUT2D eigenvalue weighted by Gasteiger charge is 2.10. The molecule has 5 nitrogen and oxygen atoms in total. The number of hydrogen-bond acceptors (Lipinski definition) is 4. The first-order chi connectivity index (χ1) is 6.77. The van der Waals surface area contributed by atoms with Crippen LogP contribution in [-0.2, 0) is 0 Å². The van der Waals surface area contributed by atoms with Gasteiger partial charge in [-0.05, 0) is 6.07 Å². The second-order valence-electron chi connectivity index (χ2n) is 2.99. The molecular formula is C9H9N3O2. The van der Waals surface area contributed by atoms with Crippen molar-refractivity contribution in [1.29, 1.82) is 0 Å². The van der Waals surface area contributed by atoms with Crippen molar-refractivity contribution >= 4 is 17.6 Å². The summed E-state index contributed by atoms with van der Waals surface area (Å²) in [5, 5.41) is 13.7.